The van der Waals surface area contributed by atoms with Gasteiger partial charge >= 0.3 is 5.97 Å². The minimum Gasteiger partial charge on any atom is -0.466 e. The molecule has 0 atom stereocenters. The first-order valence-corrected chi connectivity index (χ1v) is 7.94. The summed E-state index contributed by atoms with van der Waals surface area (Å²) in [5, 5.41) is 0. The molecule has 112 valence electrons. The first-order chi connectivity index (χ1) is 9.17. The highest BCUT2D eigenvalue weighted by Gasteiger charge is 2.10. The molecule has 0 aliphatic heterocycles. The molecule has 0 aromatic rings. The Bertz CT molecular complexity index is 266. The van der Waals surface area contributed by atoms with Gasteiger partial charge in [0.25, 0.3) is 0 Å². The summed E-state index contributed by atoms with van der Waals surface area (Å²) in [4.78, 5) is 11.6. The van der Waals surface area contributed by atoms with Crippen molar-refractivity contribution in [1.82, 2.24) is 0 Å². The summed E-state index contributed by atoms with van der Waals surface area (Å²) in [5.41, 5.74) is 2.12. The second-order valence-corrected chi connectivity index (χ2v) is 5.34. The molecule has 0 saturated carbocycles. The van der Waals surface area contributed by atoms with Crippen LogP contribution >= 0.6 is 0 Å². The second-order valence-electron chi connectivity index (χ2n) is 5.34. The lowest BCUT2D eigenvalue weighted by Gasteiger charge is -2.10. The Hall–Kier alpha value is -0.790. The summed E-state index contributed by atoms with van der Waals surface area (Å²) in [5.74, 6) is -0.161. The largest absolute Gasteiger partial charge is 0.466 e. The summed E-state index contributed by atoms with van der Waals surface area (Å²) in [6.07, 6.45) is 12.4. The maximum Gasteiger partial charge on any atom is 0.333 e. The van der Waals surface area contributed by atoms with Crippen molar-refractivity contribution in [2.75, 3.05) is 7.11 Å². The quantitative estimate of drug-likeness (QED) is 0.284. The van der Waals surface area contributed by atoms with E-state index in [1.807, 2.05) is 6.92 Å². The fourth-order valence-electron chi connectivity index (χ4n) is 2.39. The molecule has 2 nitrogen and oxygen atoms in total. The van der Waals surface area contributed by atoms with E-state index in [4.69, 9.17) is 4.74 Å². The van der Waals surface area contributed by atoms with Gasteiger partial charge in [-0.25, -0.2) is 4.79 Å². The normalized spacial score (nSPS) is 12.2. The highest BCUT2D eigenvalue weighted by molar-refractivity contribution is 5.88. The molecule has 2 heteroatoms. The molecule has 0 saturated heterocycles. The third-order valence-corrected chi connectivity index (χ3v) is 3.66. The predicted molar refractivity (Wildman–Crippen MR) is 82.2 cm³/mol. The van der Waals surface area contributed by atoms with Crippen LogP contribution in [-0.2, 0) is 9.53 Å². The Morgan fingerprint density at radius 1 is 0.842 bits per heavy atom. The van der Waals surface area contributed by atoms with Crippen molar-refractivity contribution in [1.29, 1.82) is 0 Å². The summed E-state index contributed by atoms with van der Waals surface area (Å²) in [6.45, 7) is 6.31. The predicted octanol–water partition coefficient (Wildman–Crippen LogP) is 5.42. The Labute approximate surface area is 119 Å². The van der Waals surface area contributed by atoms with Crippen LogP contribution in [0.5, 0.6) is 0 Å². The smallest absolute Gasteiger partial charge is 0.333 e. The Morgan fingerprint density at radius 3 is 1.95 bits per heavy atom. The number of allylic oxidation sites excluding steroid dienone is 1. The van der Waals surface area contributed by atoms with Gasteiger partial charge in [0.2, 0.25) is 0 Å². The number of carbonyl (C=O) groups is 1. The van der Waals surface area contributed by atoms with Gasteiger partial charge in [-0.15, -0.1) is 0 Å². The zero-order valence-electron chi connectivity index (χ0n) is 13.4. The van der Waals surface area contributed by atoms with Gasteiger partial charge in [0.1, 0.15) is 0 Å². The molecule has 19 heavy (non-hydrogen) atoms. The molecule has 0 fully saturated rings. The van der Waals surface area contributed by atoms with Gasteiger partial charge in [-0.05, 0) is 26.2 Å². The first kappa shape index (κ1) is 18.2. The van der Waals surface area contributed by atoms with Crippen LogP contribution in [0.1, 0.15) is 85.0 Å². The molecule has 0 rings (SSSR count). The van der Waals surface area contributed by atoms with Gasteiger partial charge < -0.3 is 4.74 Å². The van der Waals surface area contributed by atoms with Crippen LogP contribution in [0, 0.1) is 0 Å². The van der Waals surface area contributed by atoms with Crippen molar-refractivity contribution in [3.63, 3.8) is 0 Å². The van der Waals surface area contributed by atoms with E-state index < -0.39 is 0 Å². The summed E-state index contributed by atoms with van der Waals surface area (Å²) >= 11 is 0. The van der Waals surface area contributed by atoms with Crippen LogP contribution in [0.4, 0.5) is 0 Å². The molecular formula is C17H32O2. The van der Waals surface area contributed by atoms with Crippen molar-refractivity contribution >= 4 is 5.97 Å². The Balaban J connectivity index is 3.99. The number of hydrogen-bond acceptors (Lipinski definition) is 2. The van der Waals surface area contributed by atoms with Crippen LogP contribution in [-0.4, -0.2) is 13.1 Å². The van der Waals surface area contributed by atoms with E-state index in [2.05, 4.69) is 13.8 Å². The minimum atomic E-state index is -0.161. The lowest BCUT2D eigenvalue weighted by Crippen LogP contribution is -2.05. The van der Waals surface area contributed by atoms with Gasteiger partial charge in [0.15, 0.2) is 0 Å². The molecular weight excluding hydrogens is 236 g/mol. The van der Waals surface area contributed by atoms with Crippen LogP contribution in [0.3, 0.4) is 0 Å². The SMILES string of the molecule is CCCCCCCCCC(CCC)=C(C)C(=O)OC. The summed E-state index contributed by atoms with van der Waals surface area (Å²) in [7, 11) is 1.46. The van der Waals surface area contributed by atoms with Crippen molar-refractivity contribution in [3.05, 3.63) is 11.1 Å². The molecule has 0 aromatic heterocycles. The maximum absolute atomic E-state index is 11.6. The fourth-order valence-corrected chi connectivity index (χ4v) is 2.39. The van der Waals surface area contributed by atoms with Crippen LogP contribution < -0.4 is 0 Å². The van der Waals surface area contributed by atoms with E-state index in [1.54, 1.807) is 0 Å². The summed E-state index contributed by atoms with van der Waals surface area (Å²) < 4.78 is 4.81. The van der Waals surface area contributed by atoms with E-state index in [-0.39, 0.29) is 5.97 Å². The standard InChI is InChI=1S/C17H32O2/c1-5-7-8-9-10-11-12-14-16(13-6-2)15(3)17(18)19-4/h5-14H2,1-4H3. The van der Waals surface area contributed by atoms with Gasteiger partial charge in [-0.2, -0.15) is 0 Å². The molecule has 0 spiro atoms. The number of esters is 1. The van der Waals surface area contributed by atoms with Crippen molar-refractivity contribution in [3.8, 4) is 0 Å². The average molecular weight is 268 g/mol. The maximum atomic E-state index is 11.6. The number of unbranched alkanes of at least 4 members (excludes halogenated alkanes) is 6. The highest BCUT2D eigenvalue weighted by Crippen LogP contribution is 2.20. The van der Waals surface area contributed by atoms with Crippen molar-refractivity contribution in [2.24, 2.45) is 0 Å². The average Bonchev–Trinajstić information content (AvgIpc) is 2.43. The number of rotatable bonds is 11. The molecule has 0 N–H and O–H groups in total. The monoisotopic (exact) mass is 268 g/mol. The Kier molecular flexibility index (Phi) is 11.7. The molecule has 0 aromatic carbocycles. The van der Waals surface area contributed by atoms with E-state index in [0.29, 0.717) is 0 Å². The number of methoxy groups -OCH3 is 1. The molecule has 0 amide bonds. The fraction of sp³-hybridized carbons (Fsp3) is 0.824. The second kappa shape index (κ2) is 12.3. The third-order valence-electron chi connectivity index (χ3n) is 3.66. The van der Waals surface area contributed by atoms with Crippen LogP contribution in [0.25, 0.3) is 0 Å². The molecule has 0 radical (unpaired) electrons. The van der Waals surface area contributed by atoms with E-state index in [1.165, 1.54) is 57.6 Å². The van der Waals surface area contributed by atoms with Gasteiger partial charge in [0.05, 0.1) is 7.11 Å². The Morgan fingerprint density at radius 2 is 1.42 bits per heavy atom. The molecule has 0 aliphatic carbocycles. The van der Waals surface area contributed by atoms with E-state index >= 15 is 0 Å². The molecule has 0 bridgehead atoms. The van der Waals surface area contributed by atoms with Crippen molar-refractivity contribution < 1.29 is 9.53 Å². The molecule has 0 aliphatic rings. The van der Waals surface area contributed by atoms with Crippen LogP contribution in [0.2, 0.25) is 0 Å². The van der Waals surface area contributed by atoms with Gasteiger partial charge in [0, 0.05) is 5.57 Å². The van der Waals surface area contributed by atoms with Crippen molar-refractivity contribution in [2.45, 2.75) is 85.0 Å². The zero-order chi connectivity index (χ0) is 14.5. The van der Waals surface area contributed by atoms with E-state index in [9.17, 15) is 4.79 Å². The highest BCUT2D eigenvalue weighted by atomic mass is 16.5. The van der Waals surface area contributed by atoms with E-state index in [0.717, 1.165) is 24.8 Å². The number of hydrogen-bond donors (Lipinski definition) is 0. The lowest BCUT2D eigenvalue weighted by molar-refractivity contribution is -0.136. The van der Waals surface area contributed by atoms with Gasteiger partial charge in [-0.3, -0.25) is 0 Å². The number of carbonyl (C=O) groups excluding carboxylic acids is 1. The van der Waals surface area contributed by atoms with Gasteiger partial charge in [-0.1, -0.05) is 64.4 Å². The molecule has 0 unspecified atom stereocenters. The summed E-state index contributed by atoms with van der Waals surface area (Å²) in [6, 6.07) is 0. The minimum absolute atomic E-state index is 0.161. The first-order valence-electron chi connectivity index (χ1n) is 7.94. The zero-order valence-corrected chi connectivity index (χ0v) is 13.4. The topological polar surface area (TPSA) is 26.3 Å². The molecule has 0 heterocycles. The lowest BCUT2D eigenvalue weighted by atomic mass is 9.97. The van der Waals surface area contributed by atoms with Crippen LogP contribution in [0.15, 0.2) is 11.1 Å². The third kappa shape index (κ3) is 8.85. The number of ether oxygens (including phenoxy) is 1.